The number of fused-ring (bicyclic) bond motifs is 1. The lowest BCUT2D eigenvalue weighted by Crippen LogP contribution is -1.81. The third-order valence-electron chi connectivity index (χ3n) is 2.13. The molecular formula is C10H8O4S. The maximum atomic E-state index is 10.7. The van der Waals surface area contributed by atoms with Crippen LogP contribution in [0.5, 0.6) is 11.5 Å². The van der Waals surface area contributed by atoms with E-state index in [4.69, 9.17) is 0 Å². The highest BCUT2D eigenvalue weighted by Gasteiger charge is 2.03. The fraction of sp³-hybridized carbons (Fsp3) is 0. The van der Waals surface area contributed by atoms with Crippen LogP contribution in [-0.2, 0) is 10.7 Å². The van der Waals surface area contributed by atoms with E-state index in [-0.39, 0.29) is 16.4 Å². The van der Waals surface area contributed by atoms with Gasteiger partial charge in [-0.2, -0.15) is 0 Å². The van der Waals surface area contributed by atoms with Crippen molar-refractivity contribution in [2.24, 2.45) is 0 Å². The maximum Gasteiger partial charge on any atom is 0.168 e. The molecule has 0 heterocycles. The van der Waals surface area contributed by atoms with E-state index in [9.17, 15) is 18.6 Å². The molecule has 0 unspecified atom stereocenters. The number of hydrogen-bond acceptors (Lipinski definition) is 4. The molecule has 0 aliphatic carbocycles. The summed E-state index contributed by atoms with van der Waals surface area (Å²) in [7, 11) is -2.63. The lowest BCUT2D eigenvalue weighted by molar-refractivity contribution is 0.405. The summed E-state index contributed by atoms with van der Waals surface area (Å²) in [6.45, 7) is 0. The van der Waals surface area contributed by atoms with Crippen molar-refractivity contribution >= 4 is 21.5 Å². The Balaban J connectivity index is 2.77. The standard InChI is InChI=1S/C10H8O4S/c11-9-4-6-1-2-8(15(13)14)3-7(6)5-10(9)12/h1-5,11-12,15H. The van der Waals surface area contributed by atoms with Crippen LogP contribution < -0.4 is 0 Å². The number of thiol groups is 1. The molecule has 0 saturated carbocycles. The Morgan fingerprint density at radius 3 is 2.07 bits per heavy atom. The zero-order valence-electron chi connectivity index (χ0n) is 7.54. The molecule has 4 nitrogen and oxygen atoms in total. The van der Waals surface area contributed by atoms with E-state index in [1.165, 1.54) is 24.3 Å². The Hall–Kier alpha value is -1.75. The number of hydrogen-bond donors (Lipinski definition) is 3. The largest absolute Gasteiger partial charge is 0.504 e. The molecular weight excluding hydrogens is 216 g/mol. The first-order valence-corrected chi connectivity index (χ1v) is 5.36. The van der Waals surface area contributed by atoms with Crippen LogP contribution in [0.25, 0.3) is 10.8 Å². The molecule has 0 bridgehead atoms. The second-order valence-electron chi connectivity index (χ2n) is 3.13. The first-order chi connectivity index (χ1) is 7.08. The molecule has 2 N–H and O–H groups in total. The lowest BCUT2D eigenvalue weighted by atomic mass is 10.1. The number of benzene rings is 2. The summed E-state index contributed by atoms with van der Waals surface area (Å²) in [4.78, 5) is 0.183. The Bertz CT molecular complexity index is 594. The van der Waals surface area contributed by atoms with E-state index < -0.39 is 10.7 Å². The van der Waals surface area contributed by atoms with Crippen molar-refractivity contribution in [2.75, 3.05) is 0 Å². The lowest BCUT2D eigenvalue weighted by Gasteiger charge is -2.02. The van der Waals surface area contributed by atoms with Gasteiger partial charge in [-0.3, -0.25) is 0 Å². The van der Waals surface area contributed by atoms with E-state index >= 15 is 0 Å². The van der Waals surface area contributed by atoms with Gasteiger partial charge in [0.15, 0.2) is 22.2 Å². The average molecular weight is 224 g/mol. The Morgan fingerprint density at radius 1 is 0.867 bits per heavy atom. The molecule has 15 heavy (non-hydrogen) atoms. The van der Waals surface area contributed by atoms with E-state index in [1.54, 1.807) is 6.07 Å². The Morgan fingerprint density at radius 2 is 1.47 bits per heavy atom. The summed E-state index contributed by atoms with van der Waals surface area (Å²) in [6.07, 6.45) is 0. The monoisotopic (exact) mass is 224 g/mol. The maximum absolute atomic E-state index is 10.7. The molecule has 2 rings (SSSR count). The van der Waals surface area contributed by atoms with Gasteiger partial charge < -0.3 is 10.2 Å². The van der Waals surface area contributed by atoms with Crippen LogP contribution in [0.3, 0.4) is 0 Å². The van der Waals surface area contributed by atoms with Crippen LogP contribution >= 0.6 is 0 Å². The highest BCUT2D eigenvalue weighted by atomic mass is 32.2. The minimum absolute atomic E-state index is 0.183. The van der Waals surface area contributed by atoms with Crippen molar-refractivity contribution in [3.63, 3.8) is 0 Å². The first-order valence-electron chi connectivity index (χ1n) is 4.18. The van der Waals surface area contributed by atoms with Gasteiger partial charge in [-0.15, -0.1) is 0 Å². The highest BCUT2D eigenvalue weighted by molar-refractivity contribution is 7.72. The van der Waals surface area contributed by atoms with Crippen molar-refractivity contribution in [3.05, 3.63) is 30.3 Å². The zero-order valence-corrected chi connectivity index (χ0v) is 8.44. The Kier molecular flexibility index (Phi) is 2.24. The van der Waals surface area contributed by atoms with Gasteiger partial charge in [-0.1, -0.05) is 6.07 Å². The van der Waals surface area contributed by atoms with Crippen LogP contribution in [-0.4, -0.2) is 18.6 Å². The minimum atomic E-state index is -2.63. The normalized spacial score (nSPS) is 11.0. The summed E-state index contributed by atoms with van der Waals surface area (Å²) in [5.74, 6) is -0.484. The van der Waals surface area contributed by atoms with Crippen LogP contribution in [0, 0.1) is 0 Å². The predicted octanol–water partition coefficient (Wildman–Crippen LogP) is 1.22. The van der Waals surface area contributed by atoms with Crippen molar-refractivity contribution < 1.29 is 18.6 Å². The van der Waals surface area contributed by atoms with Gasteiger partial charge in [-0.25, -0.2) is 8.42 Å². The molecule has 0 saturated heterocycles. The van der Waals surface area contributed by atoms with Crippen molar-refractivity contribution in [1.29, 1.82) is 0 Å². The van der Waals surface area contributed by atoms with Crippen LogP contribution in [0.2, 0.25) is 0 Å². The molecule has 78 valence electrons. The van der Waals surface area contributed by atoms with Crippen molar-refractivity contribution in [2.45, 2.75) is 4.90 Å². The van der Waals surface area contributed by atoms with Crippen molar-refractivity contribution in [3.8, 4) is 11.5 Å². The molecule has 0 atom stereocenters. The van der Waals surface area contributed by atoms with E-state index in [0.717, 1.165) is 0 Å². The van der Waals surface area contributed by atoms with Gasteiger partial charge in [0.05, 0.1) is 4.90 Å². The molecule has 0 spiro atoms. The van der Waals surface area contributed by atoms with Gasteiger partial charge in [0.2, 0.25) is 0 Å². The quantitative estimate of drug-likeness (QED) is 0.503. The zero-order chi connectivity index (χ0) is 11.0. The number of aromatic hydroxyl groups is 2. The van der Waals surface area contributed by atoms with Gasteiger partial charge in [0.1, 0.15) is 0 Å². The summed E-state index contributed by atoms with van der Waals surface area (Å²) in [5.41, 5.74) is 0. The van der Waals surface area contributed by atoms with Crippen LogP contribution in [0.15, 0.2) is 35.2 Å². The van der Waals surface area contributed by atoms with E-state index in [1.807, 2.05) is 0 Å². The summed E-state index contributed by atoms with van der Waals surface area (Å²) < 4.78 is 21.4. The SMILES string of the molecule is O=[SH](=O)c1ccc2cc(O)c(O)cc2c1. The summed E-state index contributed by atoms with van der Waals surface area (Å²) in [6, 6.07) is 7.18. The van der Waals surface area contributed by atoms with Gasteiger partial charge >= 0.3 is 0 Å². The highest BCUT2D eigenvalue weighted by Crippen LogP contribution is 2.30. The van der Waals surface area contributed by atoms with Crippen molar-refractivity contribution in [1.82, 2.24) is 0 Å². The van der Waals surface area contributed by atoms with Gasteiger partial charge in [-0.05, 0) is 35.0 Å². The van der Waals surface area contributed by atoms with Gasteiger partial charge in [0, 0.05) is 0 Å². The van der Waals surface area contributed by atoms with E-state index in [2.05, 4.69) is 0 Å². The fourth-order valence-corrected chi connectivity index (χ4v) is 1.82. The molecule has 0 radical (unpaired) electrons. The second kappa shape index (κ2) is 3.43. The first kappa shape index (κ1) is 9.79. The molecule has 2 aromatic rings. The topological polar surface area (TPSA) is 74.6 Å². The third-order valence-corrected chi connectivity index (χ3v) is 2.83. The molecule has 5 heteroatoms. The summed E-state index contributed by atoms with van der Waals surface area (Å²) in [5, 5.41) is 19.7. The molecule has 0 aromatic heterocycles. The number of phenolic OH excluding ortho intramolecular Hbond substituents is 2. The molecule has 0 fully saturated rings. The van der Waals surface area contributed by atoms with E-state index in [0.29, 0.717) is 10.8 Å². The molecule has 0 amide bonds. The van der Waals surface area contributed by atoms with Crippen LogP contribution in [0.4, 0.5) is 0 Å². The molecule has 2 aromatic carbocycles. The third kappa shape index (κ3) is 1.73. The molecule has 0 aliphatic heterocycles. The smallest absolute Gasteiger partial charge is 0.168 e. The predicted molar refractivity (Wildman–Crippen MR) is 55.9 cm³/mol. The van der Waals surface area contributed by atoms with Gasteiger partial charge in [0.25, 0.3) is 0 Å². The molecule has 0 aliphatic rings. The second-order valence-corrected chi connectivity index (χ2v) is 4.16. The number of rotatable bonds is 1. The van der Waals surface area contributed by atoms with Crippen LogP contribution in [0.1, 0.15) is 0 Å². The summed E-state index contributed by atoms with van der Waals surface area (Å²) >= 11 is 0. The average Bonchev–Trinajstić information content (AvgIpc) is 2.19. The minimum Gasteiger partial charge on any atom is -0.504 e. The fourth-order valence-electron chi connectivity index (χ4n) is 1.37. The Labute approximate surface area is 87.4 Å². The number of phenols is 2.